The Hall–Kier alpha value is -1.73. The number of pyridine rings is 1. The van der Waals surface area contributed by atoms with Crippen LogP contribution in [0.5, 0.6) is 5.88 Å². The van der Waals surface area contributed by atoms with Gasteiger partial charge in [0.25, 0.3) is 0 Å². The monoisotopic (exact) mass is 191 g/mol. The molecule has 0 aliphatic carbocycles. The first-order chi connectivity index (χ1) is 6.77. The van der Waals surface area contributed by atoms with E-state index in [0.717, 1.165) is 0 Å². The van der Waals surface area contributed by atoms with Crippen molar-refractivity contribution in [3.8, 4) is 17.7 Å². The summed E-state index contributed by atoms with van der Waals surface area (Å²) in [6.45, 7) is 0.555. The zero-order valence-corrected chi connectivity index (χ0v) is 8.08. The number of anilines is 1. The van der Waals surface area contributed by atoms with E-state index in [1.807, 2.05) is 0 Å². The number of rotatable bonds is 2. The Kier molecular flexibility index (Phi) is 3.77. The average molecular weight is 191 g/mol. The molecular formula is C10H13N3O. The van der Waals surface area contributed by atoms with Crippen molar-refractivity contribution >= 4 is 5.69 Å². The second kappa shape index (κ2) is 5.10. The second-order valence-electron chi connectivity index (χ2n) is 2.64. The van der Waals surface area contributed by atoms with Gasteiger partial charge in [-0.15, -0.1) is 0 Å². The van der Waals surface area contributed by atoms with Gasteiger partial charge in [0, 0.05) is 13.0 Å². The zero-order valence-electron chi connectivity index (χ0n) is 8.08. The van der Waals surface area contributed by atoms with Crippen LogP contribution in [-0.4, -0.2) is 18.6 Å². The minimum atomic E-state index is 0.407. The van der Waals surface area contributed by atoms with Crippen molar-refractivity contribution < 1.29 is 4.74 Å². The van der Waals surface area contributed by atoms with Crippen LogP contribution < -0.4 is 16.2 Å². The maximum atomic E-state index is 5.60. The highest BCUT2D eigenvalue weighted by molar-refractivity contribution is 5.50. The molecule has 4 N–H and O–H groups in total. The number of nitrogen functional groups attached to an aromatic ring is 1. The van der Waals surface area contributed by atoms with Crippen LogP contribution in [0, 0.1) is 11.8 Å². The van der Waals surface area contributed by atoms with E-state index >= 15 is 0 Å². The van der Waals surface area contributed by atoms with Gasteiger partial charge in [0.05, 0.1) is 12.8 Å². The van der Waals surface area contributed by atoms with Crippen LogP contribution in [0.4, 0.5) is 5.69 Å². The lowest BCUT2D eigenvalue weighted by molar-refractivity contribution is 0.400. The molecule has 0 amide bonds. The molecule has 0 fully saturated rings. The molecule has 74 valence electrons. The molecule has 14 heavy (non-hydrogen) atoms. The Morgan fingerprint density at radius 1 is 1.50 bits per heavy atom. The SMILES string of the molecule is COc1nc(C#CCCN)ccc1N. The van der Waals surface area contributed by atoms with Gasteiger partial charge >= 0.3 is 0 Å². The van der Waals surface area contributed by atoms with Gasteiger partial charge in [0.1, 0.15) is 5.69 Å². The van der Waals surface area contributed by atoms with Gasteiger partial charge in [-0.05, 0) is 18.1 Å². The van der Waals surface area contributed by atoms with E-state index in [1.165, 1.54) is 7.11 Å². The van der Waals surface area contributed by atoms with Crippen LogP contribution in [0.1, 0.15) is 12.1 Å². The van der Waals surface area contributed by atoms with Crippen molar-refractivity contribution in [3.05, 3.63) is 17.8 Å². The van der Waals surface area contributed by atoms with Gasteiger partial charge in [0.15, 0.2) is 0 Å². The molecule has 1 aromatic heterocycles. The molecule has 0 aromatic carbocycles. The predicted octanol–water partition coefficient (Wildman–Crippen LogP) is 0.373. The van der Waals surface area contributed by atoms with Crippen LogP contribution >= 0.6 is 0 Å². The van der Waals surface area contributed by atoms with Crippen LogP contribution in [0.2, 0.25) is 0 Å². The predicted molar refractivity (Wildman–Crippen MR) is 55.8 cm³/mol. The molecule has 0 saturated heterocycles. The quantitative estimate of drug-likeness (QED) is 0.662. The van der Waals surface area contributed by atoms with Crippen molar-refractivity contribution in [2.24, 2.45) is 5.73 Å². The molecule has 1 aromatic rings. The molecule has 1 rings (SSSR count). The highest BCUT2D eigenvalue weighted by Crippen LogP contribution is 2.16. The smallest absolute Gasteiger partial charge is 0.238 e. The van der Waals surface area contributed by atoms with Gasteiger partial charge < -0.3 is 16.2 Å². The number of methoxy groups -OCH3 is 1. The summed E-state index contributed by atoms with van der Waals surface area (Å²) in [4.78, 5) is 4.10. The normalized spacial score (nSPS) is 9.00. The molecule has 0 saturated carbocycles. The van der Waals surface area contributed by atoms with Crippen molar-refractivity contribution in [2.45, 2.75) is 6.42 Å². The first-order valence-electron chi connectivity index (χ1n) is 4.27. The topological polar surface area (TPSA) is 74.2 Å². The van der Waals surface area contributed by atoms with E-state index in [9.17, 15) is 0 Å². The second-order valence-corrected chi connectivity index (χ2v) is 2.64. The third-order valence-corrected chi connectivity index (χ3v) is 1.57. The third kappa shape index (κ3) is 2.64. The largest absolute Gasteiger partial charge is 0.479 e. The highest BCUT2D eigenvalue weighted by atomic mass is 16.5. The van der Waals surface area contributed by atoms with E-state index < -0.39 is 0 Å². The molecule has 0 aliphatic heterocycles. The Bertz CT molecular complexity index is 365. The molecule has 4 nitrogen and oxygen atoms in total. The summed E-state index contributed by atoms with van der Waals surface area (Å²) >= 11 is 0. The van der Waals surface area contributed by atoms with Crippen molar-refractivity contribution in [1.29, 1.82) is 0 Å². The van der Waals surface area contributed by atoms with Gasteiger partial charge in [0.2, 0.25) is 5.88 Å². The highest BCUT2D eigenvalue weighted by Gasteiger charge is 1.99. The van der Waals surface area contributed by atoms with E-state index in [-0.39, 0.29) is 0 Å². The molecule has 0 spiro atoms. The summed E-state index contributed by atoms with van der Waals surface area (Å²) in [5, 5.41) is 0. The van der Waals surface area contributed by atoms with Gasteiger partial charge in [-0.2, -0.15) is 0 Å². The molecule has 0 aliphatic rings. The van der Waals surface area contributed by atoms with E-state index in [1.54, 1.807) is 12.1 Å². The number of ether oxygens (including phenoxy) is 1. The Balaban J connectivity index is 2.86. The number of nitrogens with two attached hydrogens (primary N) is 2. The zero-order chi connectivity index (χ0) is 10.4. The minimum absolute atomic E-state index is 0.407. The number of nitrogens with zero attached hydrogens (tertiary/aromatic N) is 1. The summed E-state index contributed by atoms with van der Waals surface area (Å²) in [7, 11) is 1.52. The lowest BCUT2D eigenvalue weighted by atomic mass is 10.3. The fourth-order valence-electron chi connectivity index (χ4n) is 0.910. The first-order valence-corrected chi connectivity index (χ1v) is 4.27. The van der Waals surface area contributed by atoms with Gasteiger partial charge in [-0.25, -0.2) is 4.98 Å². The number of hydrogen-bond donors (Lipinski definition) is 2. The maximum absolute atomic E-state index is 5.60. The summed E-state index contributed by atoms with van der Waals surface area (Å²) in [5.74, 6) is 6.17. The maximum Gasteiger partial charge on any atom is 0.238 e. The van der Waals surface area contributed by atoms with E-state index in [2.05, 4.69) is 16.8 Å². The third-order valence-electron chi connectivity index (χ3n) is 1.57. The molecule has 1 heterocycles. The van der Waals surface area contributed by atoms with E-state index in [0.29, 0.717) is 30.2 Å². The molecule has 0 radical (unpaired) electrons. The molecular weight excluding hydrogens is 178 g/mol. The average Bonchev–Trinajstić information content (AvgIpc) is 2.21. The van der Waals surface area contributed by atoms with Crippen LogP contribution in [0.25, 0.3) is 0 Å². The summed E-state index contributed by atoms with van der Waals surface area (Å²) in [6, 6.07) is 3.47. The Morgan fingerprint density at radius 2 is 2.29 bits per heavy atom. The Labute approximate surface area is 83.3 Å². The molecule has 0 atom stereocenters. The Morgan fingerprint density at radius 3 is 2.93 bits per heavy atom. The fourth-order valence-corrected chi connectivity index (χ4v) is 0.910. The summed E-state index contributed by atoms with van der Waals surface area (Å²) in [5.41, 5.74) is 12.1. The summed E-state index contributed by atoms with van der Waals surface area (Å²) < 4.78 is 4.96. The van der Waals surface area contributed by atoms with Crippen molar-refractivity contribution in [1.82, 2.24) is 4.98 Å². The van der Waals surface area contributed by atoms with Crippen molar-refractivity contribution in [2.75, 3.05) is 19.4 Å². The lowest BCUT2D eigenvalue weighted by Gasteiger charge is -2.01. The van der Waals surface area contributed by atoms with Crippen LogP contribution in [0.3, 0.4) is 0 Å². The molecule has 0 unspecified atom stereocenters. The molecule has 0 bridgehead atoms. The van der Waals surface area contributed by atoms with Gasteiger partial charge in [-0.1, -0.05) is 5.92 Å². The van der Waals surface area contributed by atoms with Crippen LogP contribution in [0.15, 0.2) is 12.1 Å². The van der Waals surface area contributed by atoms with Gasteiger partial charge in [-0.3, -0.25) is 0 Å². The van der Waals surface area contributed by atoms with E-state index in [4.69, 9.17) is 16.2 Å². The first kappa shape index (κ1) is 10.4. The number of hydrogen-bond acceptors (Lipinski definition) is 4. The summed E-state index contributed by atoms with van der Waals surface area (Å²) in [6.07, 6.45) is 0.661. The van der Waals surface area contributed by atoms with Crippen LogP contribution in [-0.2, 0) is 0 Å². The lowest BCUT2D eigenvalue weighted by Crippen LogP contribution is -1.97. The minimum Gasteiger partial charge on any atom is -0.479 e. The van der Waals surface area contributed by atoms with Crippen molar-refractivity contribution in [3.63, 3.8) is 0 Å². The standard InChI is InChI=1S/C10H13N3O/c1-14-10-9(12)6-5-8(13-10)4-2-3-7-11/h5-6H,3,7,11-12H2,1H3. The molecule has 4 heteroatoms. The number of aromatic nitrogens is 1. The fraction of sp³-hybridized carbons (Fsp3) is 0.300.